The first kappa shape index (κ1) is 15.3. The summed E-state index contributed by atoms with van der Waals surface area (Å²) in [6.45, 7) is 0.663. The lowest BCUT2D eigenvalue weighted by Crippen LogP contribution is -2.28. The van der Waals surface area contributed by atoms with E-state index in [9.17, 15) is 8.42 Å². The van der Waals surface area contributed by atoms with E-state index in [0.29, 0.717) is 12.2 Å². The summed E-state index contributed by atoms with van der Waals surface area (Å²) in [7, 11) is -0.508. The average Bonchev–Trinajstić information content (AvgIpc) is 2.47. The molecule has 112 valence electrons. The Kier molecular flexibility index (Phi) is 4.77. The molecule has 0 saturated heterocycles. The van der Waals surface area contributed by atoms with E-state index in [-0.39, 0.29) is 0 Å². The van der Waals surface area contributed by atoms with Gasteiger partial charge in [-0.15, -0.1) is 0 Å². The lowest BCUT2D eigenvalue weighted by atomic mass is 10.2. The normalized spacial score (nSPS) is 11.4. The summed E-state index contributed by atoms with van der Waals surface area (Å²) >= 11 is 0. The molecule has 0 aliphatic rings. The summed E-state index contributed by atoms with van der Waals surface area (Å²) in [6.07, 6.45) is 3.53. The van der Waals surface area contributed by atoms with E-state index in [4.69, 9.17) is 0 Å². The van der Waals surface area contributed by atoms with Crippen LogP contribution in [0.1, 0.15) is 5.56 Å². The van der Waals surface area contributed by atoms with Crippen molar-refractivity contribution in [3.05, 3.63) is 54.4 Å². The van der Waals surface area contributed by atoms with Gasteiger partial charge in [-0.25, -0.2) is 0 Å². The number of nitrogens with zero attached hydrogens (tertiary/aromatic N) is 2. The van der Waals surface area contributed by atoms with Crippen molar-refractivity contribution in [2.24, 2.45) is 0 Å². The lowest BCUT2D eigenvalue weighted by molar-refractivity contribution is 0.527. The van der Waals surface area contributed by atoms with Crippen molar-refractivity contribution in [1.82, 2.24) is 9.29 Å². The Labute approximate surface area is 125 Å². The highest BCUT2D eigenvalue weighted by Crippen LogP contribution is 2.16. The molecule has 0 fully saturated rings. The van der Waals surface area contributed by atoms with Gasteiger partial charge in [-0.2, -0.15) is 12.7 Å². The van der Waals surface area contributed by atoms with Crippen LogP contribution in [0.3, 0.4) is 0 Å². The van der Waals surface area contributed by atoms with Crippen LogP contribution in [0.4, 0.5) is 11.4 Å². The van der Waals surface area contributed by atoms with Gasteiger partial charge in [-0.05, 0) is 35.9 Å². The fourth-order valence-electron chi connectivity index (χ4n) is 1.60. The van der Waals surface area contributed by atoms with Crippen molar-refractivity contribution < 1.29 is 8.42 Å². The van der Waals surface area contributed by atoms with Crippen LogP contribution in [0.5, 0.6) is 0 Å². The number of benzene rings is 1. The molecule has 2 N–H and O–H groups in total. The molecular weight excluding hydrogens is 288 g/mol. The van der Waals surface area contributed by atoms with E-state index in [1.165, 1.54) is 14.1 Å². The summed E-state index contributed by atoms with van der Waals surface area (Å²) < 4.78 is 27.0. The van der Waals surface area contributed by atoms with Gasteiger partial charge in [0, 0.05) is 44.4 Å². The van der Waals surface area contributed by atoms with E-state index >= 15 is 0 Å². The lowest BCUT2D eigenvalue weighted by Gasteiger charge is -2.14. The minimum absolute atomic E-state index is 0.524. The van der Waals surface area contributed by atoms with Crippen LogP contribution in [0, 0.1) is 0 Å². The molecule has 1 aromatic carbocycles. The third-order valence-corrected chi connectivity index (χ3v) is 4.29. The summed E-state index contributed by atoms with van der Waals surface area (Å²) in [5.41, 5.74) is 2.51. The minimum Gasteiger partial charge on any atom is -0.381 e. The zero-order valence-corrected chi connectivity index (χ0v) is 12.8. The molecule has 0 bridgehead atoms. The molecule has 21 heavy (non-hydrogen) atoms. The smallest absolute Gasteiger partial charge is 0.301 e. The molecule has 0 unspecified atom stereocenters. The molecule has 6 nitrogen and oxygen atoms in total. The maximum atomic E-state index is 11.7. The second-order valence-corrected chi connectivity index (χ2v) is 6.57. The third kappa shape index (κ3) is 4.44. The first-order valence-corrected chi connectivity index (χ1v) is 7.84. The molecule has 1 aromatic heterocycles. The number of aromatic nitrogens is 1. The predicted octanol–water partition coefficient (Wildman–Crippen LogP) is 1.91. The van der Waals surface area contributed by atoms with Gasteiger partial charge in [-0.3, -0.25) is 9.71 Å². The van der Waals surface area contributed by atoms with Gasteiger partial charge >= 0.3 is 10.2 Å². The highest BCUT2D eigenvalue weighted by Gasteiger charge is 2.12. The van der Waals surface area contributed by atoms with E-state index in [2.05, 4.69) is 15.0 Å². The van der Waals surface area contributed by atoms with Crippen molar-refractivity contribution >= 4 is 21.6 Å². The largest absolute Gasteiger partial charge is 0.381 e. The quantitative estimate of drug-likeness (QED) is 0.855. The van der Waals surface area contributed by atoms with Crippen molar-refractivity contribution in [1.29, 1.82) is 0 Å². The van der Waals surface area contributed by atoms with Gasteiger partial charge in [0.2, 0.25) is 0 Å². The maximum Gasteiger partial charge on any atom is 0.301 e. The fourth-order valence-corrected chi connectivity index (χ4v) is 2.22. The highest BCUT2D eigenvalue weighted by molar-refractivity contribution is 7.90. The number of hydrogen-bond acceptors (Lipinski definition) is 4. The van der Waals surface area contributed by atoms with E-state index < -0.39 is 10.2 Å². The first-order valence-electron chi connectivity index (χ1n) is 6.40. The van der Waals surface area contributed by atoms with E-state index in [1.54, 1.807) is 24.5 Å². The topological polar surface area (TPSA) is 74.3 Å². The molecule has 0 aliphatic heterocycles. The highest BCUT2D eigenvalue weighted by atomic mass is 32.2. The van der Waals surface area contributed by atoms with Crippen LogP contribution in [0.25, 0.3) is 0 Å². The van der Waals surface area contributed by atoms with Crippen molar-refractivity contribution in [3.63, 3.8) is 0 Å². The molecule has 0 amide bonds. The number of nitrogens with one attached hydrogen (secondary N) is 2. The number of rotatable bonds is 6. The Morgan fingerprint density at radius 1 is 1.10 bits per heavy atom. The van der Waals surface area contributed by atoms with Crippen molar-refractivity contribution in [2.45, 2.75) is 6.54 Å². The Hall–Kier alpha value is -2.12. The third-order valence-electron chi connectivity index (χ3n) is 2.83. The van der Waals surface area contributed by atoms with Gasteiger partial charge in [-0.1, -0.05) is 6.07 Å². The standard InChI is InChI=1S/C14H18N4O2S/c1-18(2)21(19,20)17-14-7-5-13(6-8-14)16-11-12-4-3-9-15-10-12/h3-10,16-17H,11H2,1-2H3. The van der Waals surface area contributed by atoms with Gasteiger partial charge in [0.25, 0.3) is 0 Å². The van der Waals surface area contributed by atoms with E-state index in [0.717, 1.165) is 15.6 Å². The van der Waals surface area contributed by atoms with Crippen molar-refractivity contribution in [2.75, 3.05) is 24.1 Å². The molecule has 2 rings (SSSR count). The van der Waals surface area contributed by atoms with Gasteiger partial charge < -0.3 is 5.32 Å². The van der Waals surface area contributed by atoms with Gasteiger partial charge in [0.05, 0.1) is 0 Å². The number of pyridine rings is 1. The molecule has 0 saturated carbocycles. The molecular formula is C14H18N4O2S. The zero-order valence-electron chi connectivity index (χ0n) is 11.9. The molecule has 7 heteroatoms. The first-order chi connectivity index (χ1) is 9.97. The second-order valence-electron chi connectivity index (χ2n) is 4.68. The zero-order chi connectivity index (χ0) is 15.3. The summed E-state index contributed by atoms with van der Waals surface area (Å²) in [5, 5.41) is 3.25. The second kappa shape index (κ2) is 6.55. The van der Waals surface area contributed by atoms with Crippen LogP contribution in [-0.4, -0.2) is 31.8 Å². The molecule has 0 spiro atoms. The Balaban J connectivity index is 1.96. The summed E-state index contributed by atoms with van der Waals surface area (Å²) in [6, 6.07) is 10.9. The number of anilines is 2. The Morgan fingerprint density at radius 2 is 1.76 bits per heavy atom. The monoisotopic (exact) mass is 306 g/mol. The Bertz CT molecular complexity index is 670. The predicted molar refractivity (Wildman–Crippen MR) is 84.2 cm³/mol. The molecule has 1 heterocycles. The molecule has 0 atom stereocenters. The minimum atomic E-state index is -3.46. The molecule has 0 aliphatic carbocycles. The molecule has 2 aromatic rings. The Morgan fingerprint density at radius 3 is 2.33 bits per heavy atom. The summed E-state index contributed by atoms with van der Waals surface area (Å²) in [5.74, 6) is 0. The van der Waals surface area contributed by atoms with Gasteiger partial charge in [0.15, 0.2) is 0 Å². The van der Waals surface area contributed by atoms with Crippen LogP contribution < -0.4 is 10.0 Å². The van der Waals surface area contributed by atoms with Gasteiger partial charge in [0.1, 0.15) is 0 Å². The van der Waals surface area contributed by atoms with E-state index in [1.807, 2.05) is 24.3 Å². The maximum absolute atomic E-state index is 11.7. The van der Waals surface area contributed by atoms with Crippen LogP contribution in [0.15, 0.2) is 48.8 Å². The average molecular weight is 306 g/mol. The fraction of sp³-hybridized carbons (Fsp3) is 0.214. The number of hydrogen-bond donors (Lipinski definition) is 2. The SMILES string of the molecule is CN(C)S(=O)(=O)Nc1ccc(NCc2cccnc2)cc1. The van der Waals surface area contributed by atoms with Crippen molar-refractivity contribution in [3.8, 4) is 0 Å². The van der Waals surface area contributed by atoms with Crippen LogP contribution >= 0.6 is 0 Å². The van der Waals surface area contributed by atoms with Crippen LogP contribution in [0.2, 0.25) is 0 Å². The van der Waals surface area contributed by atoms with Crippen LogP contribution in [-0.2, 0) is 16.8 Å². The summed E-state index contributed by atoms with van der Waals surface area (Å²) in [4.78, 5) is 4.05. The molecule has 0 radical (unpaired) electrons.